The molecule has 1 rings (SSSR count). The quantitative estimate of drug-likeness (QED) is 0.547. The first kappa shape index (κ1) is 14.7. The molecule has 1 atom stereocenters. The van der Waals surface area contributed by atoms with Gasteiger partial charge in [0.2, 0.25) is 0 Å². The molecule has 2 amide bonds. The second-order valence-corrected chi connectivity index (χ2v) is 3.82. The van der Waals surface area contributed by atoms with Crippen LogP contribution in [-0.4, -0.2) is 35.8 Å². The molecule has 0 heterocycles. The molecule has 19 heavy (non-hydrogen) atoms. The lowest BCUT2D eigenvalue weighted by molar-refractivity contribution is -0.384. The first-order valence-corrected chi connectivity index (χ1v) is 5.48. The van der Waals surface area contributed by atoms with Crippen molar-refractivity contribution in [1.82, 2.24) is 5.32 Å². The van der Waals surface area contributed by atoms with Gasteiger partial charge in [-0.1, -0.05) is 0 Å². The maximum absolute atomic E-state index is 11.5. The number of ether oxygens (including phenoxy) is 1. The first-order valence-electron chi connectivity index (χ1n) is 5.48. The first-order chi connectivity index (χ1) is 8.97. The number of nitrogens with one attached hydrogen (secondary N) is 2. The van der Waals surface area contributed by atoms with Gasteiger partial charge in [0.25, 0.3) is 5.69 Å². The van der Waals surface area contributed by atoms with Gasteiger partial charge in [-0.25, -0.2) is 4.79 Å². The third-order valence-corrected chi connectivity index (χ3v) is 2.30. The monoisotopic (exact) mass is 269 g/mol. The summed E-state index contributed by atoms with van der Waals surface area (Å²) in [7, 11) is 1.39. The van der Waals surface area contributed by atoms with E-state index in [0.717, 1.165) is 0 Å². The Morgan fingerprint density at radius 1 is 1.58 bits per heavy atom. The number of rotatable bonds is 5. The molecule has 0 spiro atoms. The molecule has 1 aromatic carbocycles. The summed E-state index contributed by atoms with van der Waals surface area (Å²) in [5, 5.41) is 24.5. The van der Waals surface area contributed by atoms with Gasteiger partial charge in [-0.15, -0.1) is 0 Å². The molecule has 0 radical (unpaired) electrons. The predicted molar refractivity (Wildman–Crippen MR) is 68.4 cm³/mol. The van der Waals surface area contributed by atoms with Crippen LogP contribution in [0.5, 0.6) is 5.75 Å². The highest BCUT2D eigenvalue weighted by atomic mass is 16.6. The van der Waals surface area contributed by atoms with Gasteiger partial charge in [0.15, 0.2) is 0 Å². The van der Waals surface area contributed by atoms with Crippen LogP contribution in [0.1, 0.15) is 6.92 Å². The smallest absolute Gasteiger partial charge is 0.319 e. The molecule has 3 N–H and O–H groups in total. The Morgan fingerprint density at radius 2 is 2.26 bits per heavy atom. The average molecular weight is 269 g/mol. The molecule has 1 aromatic rings. The van der Waals surface area contributed by atoms with E-state index < -0.39 is 17.0 Å². The molecule has 0 saturated heterocycles. The van der Waals surface area contributed by atoms with Gasteiger partial charge in [-0.2, -0.15) is 0 Å². The highest BCUT2D eigenvalue weighted by Crippen LogP contribution is 2.28. The van der Waals surface area contributed by atoms with Gasteiger partial charge in [-0.3, -0.25) is 10.1 Å². The number of urea groups is 1. The Balaban J connectivity index is 2.88. The van der Waals surface area contributed by atoms with Gasteiger partial charge in [0.05, 0.1) is 30.7 Å². The lowest BCUT2D eigenvalue weighted by Crippen LogP contribution is -2.38. The van der Waals surface area contributed by atoms with Crippen LogP contribution in [0.25, 0.3) is 0 Å². The number of hydrogen-bond acceptors (Lipinski definition) is 5. The van der Waals surface area contributed by atoms with Crippen molar-refractivity contribution in [3.63, 3.8) is 0 Å². The molecule has 0 aliphatic rings. The fraction of sp³-hybridized carbons (Fsp3) is 0.364. The van der Waals surface area contributed by atoms with E-state index in [1.807, 2.05) is 0 Å². The average Bonchev–Trinajstić information content (AvgIpc) is 2.38. The standard InChI is InChI=1S/C11H15N3O5/c1-7(6-15)12-11(16)13-9-4-3-8(19-2)5-10(9)14(17)18/h3-5,7,15H,6H2,1-2H3,(H2,12,13,16)/t7-/m1/s1. The largest absolute Gasteiger partial charge is 0.496 e. The zero-order chi connectivity index (χ0) is 14.4. The predicted octanol–water partition coefficient (Wildman–Crippen LogP) is 1.11. The second kappa shape index (κ2) is 6.55. The minimum Gasteiger partial charge on any atom is -0.496 e. The Morgan fingerprint density at radius 3 is 2.79 bits per heavy atom. The number of benzene rings is 1. The van der Waals surface area contributed by atoms with Crippen molar-refractivity contribution >= 4 is 17.4 Å². The number of nitro groups is 1. The van der Waals surface area contributed by atoms with E-state index in [9.17, 15) is 14.9 Å². The molecule has 0 fully saturated rings. The Bertz CT molecular complexity index is 477. The van der Waals surface area contributed by atoms with Crippen LogP contribution in [0.4, 0.5) is 16.2 Å². The van der Waals surface area contributed by atoms with E-state index in [1.165, 1.54) is 25.3 Å². The van der Waals surface area contributed by atoms with Gasteiger partial charge >= 0.3 is 6.03 Å². The van der Waals surface area contributed by atoms with Crippen LogP contribution < -0.4 is 15.4 Å². The van der Waals surface area contributed by atoms with E-state index >= 15 is 0 Å². The SMILES string of the molecule is COc1ccc(NC(=O)N[C@H](C)CO)c([N+](=O)[O-])c1. The Kier molecular flexibility index (Phi) is 5.07. The third kappa shape index (κ3) is 4.11. The maximum Gasteiger partial charge on any atom is 0.319 e. The molecule has 0 bridgehead atoms. The molecular formula is C11H15N3O5. The fourth-order valence-corrected chi connectivity index (χ4v) is 1.32. The lowest BCUT2D eigenvalue weighted by Gasteiger charge is -2.12. The highest BCUT2D eigenvalue weighted by molar-refractivity contribution is 5.92. The summed E-state index contributed by atoms with van der Waals surface area (Å²) in [6, 6.07) is 3.01. The fourth-order valence-electron chi connectivity index (χ4n) is 1.32. The third-order valence-electron chi connectivity index (χ3n) is 2.30. The Hall–Kier alpha value is -2.35. The van der Waals surface area contributed by atoms with Crippen LogP contribution in [0.3, 0.4) is 0 Å². The van der Waals surface area contributed by atoms with Crippen LogP contribution in [0.15, 0.2) is 18.2 Å². The molecule has 0 aliphatic carbocycles. The molecular weight excluding hydrogens is 254 g/mol. The molecule has 8 nitrogen and oxygen atoms in total. The van der Waals surface area contributed by atoms with Crippen molar-refractivity contribution in [3.05, 3.63) is 28.3 Å². The molecule has 0 aromatic heterocycles. The topological polar surface area (TPSA) is 114 Å². The number of nitro benzene ring substituents is 1. The van der Waals surface area contributed by atoms with Crippen LogP contribution in [0.2, 0.25) is 0 Å². The van der Waals surface area contributed by atoms with Crippen LogP contribution in [-0.2, 0) is 0 Å². The number of hydrogen-bond donors (Lipinski definition) is 3. The van der Waals surface area contributed by atoms with Crippen molar-refractivity contribution in [3.8, 4) is 5.75 Å². The van der Waals surface area contributed by atoms with E-state index in [0.29, 0.717) is 5.75 Å². The Labute approximate surface area is 109 Å². The number of aliphatic hydroxyl groups excluding tert-OH is 1. The zero-order valence-electron chi connectivity index (χ0n) is 10.5. The summed E-state index contributed by atoms with van der Waals surface area (Å²) in [4.78, 5) is 21.8. The van der Waals surface area contributed by atoms with Gasteiger partial charge in [0.1, 0.15) is 11.4 Å². The van der Waals surface area contributed by atoms with Gasteiger partial charge in [-0.05, 0) is 19.1 Å². The summed E-state index contributed by atoms with van der Waals surface area (Å²) in [5.74, 6) is 0.321. The van der Waals surface area contributed by atoms with Crippen molar-refractivity contribution in [2.75, 3.05) is 19.0 Å². The summed E-state index contributed by atoms with van der Waals surface area (Å²) >= 11 is 0. The van der Waals surface area contributed by atoms with Gasteiger partial charge < -0.3 is 20.5 Å². The van der Waals surface area contributed by atoms with E-state index in [2.05, 4.69) is 10.6 Å². The summed E-state index contributed by atoms with van der Waals surface area (Å²) in [6.07, 6.45) is 0. The number of carbonyl (C=O) groups excluding carboxylic acids is 1. The molecule has 0 unspecified atom stereocenters. The number of amides is 2. The van der Waals surface area contributed by atoms with Gasteiger partial charge in [0, 0.05) is 0 Å². The van der Waals surface area contributed by atoms with E-state index in [1.54, 1.807) is 6.92 Å². The van der Waals surface area contributed by atoms with Crippen molar-refractivity contribution < 1.29 is 19.6 Å². The number of anilines is 1. The second-order valence-electron chi connectivity index (χ2n) is 3.82. The summed E-state index contributed by atoms with van der Waals surface area (Å²) in [6.45, 7) is 1.38. The summed E-state index contributed by atoms with van der Waals surface area (Å²) in [5.41, 5.74) is -0.223. The van der Waals surface area contributed by atoms with Crippen molar-refractivity contribution in [1.29, 1.82) is 0 Å². The van der Waals surface area contributed by atoms with E-state index in [4.69, 9.17) is 9.84 Å². The normalized spacial score (nSPS) is 11.5. The van der Waals surface area contributed by atoms with Crippen LogP contribution in [0, 0.1) is 10.1 Å². The molecule has 104 valence electrons. The lowest BCUT2D eigenvalue weighted by atomic mass is 10.2. The number of aliphatic hydroxyl groups is 1. The number of nitrogens with zero attached hydrogens (tertiary/aromatic N) is 1. The summed E-state index contributed by atoms with van der Waals surface area (Å²) < 4.78 is 4.88. The molecule has 0 aliphatic heterocycles. The van der Waals surface area contributed by atoms with Crippen molar-refractivity contribution in [2.45, 2.75) is 13.0 Å². The minimum atomic E-state index is -0.630. The maximum atomic E-state index is 11.5. The number of carbonyl (C=O) groups is 1. The zero-order valence-corrected chi connectivity index (χ0v) is 10.5. The molecule has 0 saturated carbocycles. The van der Waals surface area contributed by atoms with Crippen molar-refractivity contribution in [2.24, 2.45) is 0 Å². The van der Waals surface area contributed by atoms with E-state index in [-0.39, 0.29) is 18.0 Å². The van der Waals surface area contributed by atoms with Crippen LogP contribution >= 0.6 is 0 Å². The molecule has 8 heteroatoms. The number of methoxy groups -OCH3 is 1. The minimum absolute atomic E-state index is 0.0495. The highest BCUT2D eigenvalue weighted by Gasteiger charge is 2.17.